The fraction of sp³-hybridized carbons (Fsp3) is 0.500. The third kappa shape index (κ3) is 1.28. The van der Waals surface area contributed by atoms with Gasteiger partial charge in [0, 0.05) is 0 Å². The Hall–Kier alpha value is -0.820. The number of aliphatic hydroxyl groups is 1. The van der Waals surface area contributed by atoms with Crippen LogP contribution >= 0.6 is 0 Å². The quantitative estimate of drug-likeness (QED) is 0.697. The van der Waals surface area contributed by atoms with Crippen LogP contribution in [0.2, 0.25) is 0 Å². The second-order valence-corrected chi connectivity index (χ2v) is 4.33. The van der Waals surface area contributed by atoms with Crippen molar-refractivity contribution in [3.63, 3.8) is 0 Å². The van der Waals surface area contributed by atoms with E-state index in [1.54, 1.807) is 0 Å². The molecule has 1 aliphatic rings. The van der Waals surface area contributed by atoms with E-state index in [2.05, 4.69) is 32.9 Å². The summed E-state index contributed by atoms with van der Waals surface area (Å²) in [4.78, 5) is 0. The molecule has 1 aromatic rings. The van der Waals surface area contributed by atoms with Gasteiger partial charge >= 0.3 is 0 Å². The zero-order valence-corrected chi connectivity index (χ0v) is 8.46. The average Bonchev–Trinajstić information content (AvgIpc) is 2.67. The first kappa shape index (κ1) is 8.76. The first-order valence-electron chi connectivity index (χ1n) is 4.84. The van der Waals surface area contributed by atoms with Gasteiger partial charge in [0.2, 0.25) is 0 Å². The van der Waals surface area contributed by atoms with E-state index >= 15 is 0 Å². The minimum Gasteiger partial charge on any atom is -0.385 e. The van der Waals surface area contributed by atoms with Crippen LogP contribution in [0.25, 0.3) is 0 Å². The Morgan fingerprint density at radius 2 is 1.92 bits per heavy atom. The summed E-state index contributed by atoms with van der Waals surface area (Å²) in [6.45, 7) is 6.28. The van der Waals surface area contributed by atoms with Gasteiger partial charge in [0.25, 0.3) is 0 Å². The maximum Gasteiger partial charge on any atom is 0.0926 e. The molecule has 1 saturated carbocycles. The maximum atomic E-state index is 10.1. The lowest BCUT2D eigenvalue weighted by Crippen LogP contribution is -2.07. The Bertz CT molecular complexity index is 343. The molecular weight excluding hydrogens is 160 g/mol. The van der Waals surface area contributed by atoms with Crippen LogP contribution in [0.15, 0.2) is 18.2 Å². The van der Waals surface area contributed by atoms with E-state index in [1.165, 1.54) is 11.1 Å². The van der Waals surface area contributed by atoms with Gasteiger partial charge < -0.3 is 5.11 Å². The summed E-state index contributed by atoms with van der Waals surface area (Å²) in [6, 6.07) is 6.25. The first-order chi connectivity index (χ1) is 6.04. The lowest BCUT2D eigenvalue weighted by atomic mass is 10.0. The second-order valence-electron chi connectivity index (χ2n) is 4.33. The summed E-state index contributed by atoms with van der Waals surface area (Å²) >= 11 is 0. The normalized spacial score (nSPS) is 31.8. The standard InChI is InChI=1S/C12H16O/c1-8-4-5-11(6-9(8)2)12(13)7-10(12)3/h4-6,10,13H,7H2,1-3H3. The molecule has 2 atom stereocenters. The molecule has 0 bridgehead atoms. The second kappa shape index (κ2) is 2.58. The molecule has 1 heteroatoms. The van der Waals surface area contributed by atoms with Gasteiger partial charge in [-0.2, -0.15) is 0 Å². The van der Waals surface area contributed by atoms with E-state index in [1.807, 2.05) is 6.07 Å². The maximum absolute atomic E-state index is 10.1. The Labute approximate surface area is 79.4 Å². The third-order valence-corrected chi connectivity index (χ3v) is 3.28. The molecule has 70 valence electrons. The molecular formula is C12H16O. The third-order valence-electron chi connectivity index (χ3n) is 3.28. The molecule has 2 unspecified atom stereocenters. The van der Waals surface area contributed by atoms with Gasteiger partial charge in [0.1, 0.15) is 0 Å². The number of rotatable bonds is 1. The topological polar surface area (TPSA) is 20.2 Å². The lowest BCUT2D eigenvalue weighted by Gasteiger charge is -2.11. The van der Waals surface area contributed by atoms with Gasteiger partial charge in [0.05, 0.1) is 5.60 Å². The van der Waals surface area contributed by atoms with E-state index in [0.29, 0.717) is 5.92 Å². The zero-order valence-electron chi connectivity index (χ0n) is 8.46. The van der Waals surface area contributed by atoms with E-state index in [0.717, 1.165) is 12.0 Å². The predicted molar refractivity (Wildman–Crippen MR) is 53.6 cm³/mol. The van der Waals surface area contributed by atoms with E-state index in [9.17, 15) is 5.11 Å². The molecule has 1 fully saturated rings. The van der Waals surface area contributed by atoms with Gasteiger partial charge in [-0.1, -0.05) is 25.1 Å². The van der Waals surface area contributed by atoms with Crippen LogP contribution in [-0.4, -0.2) is 5.11 Å². The highest BCUT2D eigenvalue weighted by Gasteiger charge is 2.50. The molecule has 0 heterocycles. The van der Waals surface area contributed by atoms with E-state index in [4.69, 9.17) is 0 Å². The van der Waals surface area contributed by atoms with Crippen molar-refractivity contribution in [1.82, 2.24) is 0 Å². The van der Waals surface area contributed by atoms with Crippen LogP contribution in [0.3, 0.4) is 0 Å². The summed E-state index contributed by atoms with van der Waals surface area (Å²) < 4.78 is 0. The molecule has 1 nitrogen and oxygen atoms in total. The predicted octanol–water partition coefficient (Wildman–Crippen LogP) is 2.53. The van der Waals surface area contributed by atoms with Crippen molar-refractivity contribution in [3.8, 4) is 0 Å². The number of aryl methyl sites for hydroxylation is 2. The van der Waals surface area contributed by atoms with Crippen molar-refractivity contribution in [3.05, 3.63) is 34.9 Å². The molecule has 2 rings (SSSR count). The highest BCUT2D eigenvalue weighted by atomic mass is 16.3. The van der Waals surface area contributed by atoms with Crippen molar-refractivity contribution in [1.29, 1.82) is 0 Å². The van der Waals surface area contributed by atoms with Crippen molar-refractivity contribution < 1.29 is 5.11 Å². The molecule has 0 aromatic heterocycles. The molecule has 0 amide bonds. The minimum absolute atomic E-state index is 0.426. The molecule has 0 saturated heterocycles. The Morgan fingerprint density at radius 1 is 1.31 bits per heavy atom. The zero-order chi connectivity index (χ0) is 9.64. The fourth-order valence-corrected chi connectivity index (χ4v) is 1.82. The highest BCUT2D eigenvalue weighted by Crippen LogP contribution is 2.51. The van der Waals surface area contributed by atoms with Crippen LogP contribution in [-0.2, 0) is 5.60 Å². The van der Waals surface area contributed by atoms with Gasteiger partial charge in [-0.25, -0.2) is 0 Å². The van der Waals surface area contributed by atoms with Crippen molar-refractivity contribution in [2.75, 3.05) is 0 Å². The van der Waals surface area contributed by atoms with Gasteiger partial charge in [0.15, 0.2) is 0 Å². The summed E-state index contributed by atoms with van der Waals surface area (Å²) in [5.41, 5.74) is 3.13. The number of hydrogen-bond donors (Lipinski definition) is 1. The van der Waals surface area contributed by atoms with Gasteiger partial charge in [-0.3, -0.25) is 0 Å². The van der Waals surface area contributed by atoms with E-state index < -0.39 is 5.60 Å². The summed E-state index contributed by atoms with van der Waals surface area (Å²) in [5.74, 6) is 0.426. The van der Waals surface area contributed by atoms with E-state index in [-0.39, 0.29) is 0 Å². The molecule has 0 aliphatic heterocycles. The van der Waals surface area contributed by atoms with Crippen molar-refractivity contribution in [2.24, 2.45) is 5.92 Å². The SMILES string of the molecule is Cc1ccc(C2(O)CC2C)cc1C. The molecule has 0 spiro atoms. The Morgan fingerprint density at radius 3 is 2.38 bits per heavy atom. The van der Waals surface area contributed by atoms with Gasteiger partial charge in [-0.15, -0.1) is 0 Å². The molecule has 0 radical (unpaired) electrons. The molecule has 13 heavy (non-hydrogen) atoms. The molecule has 1 aromatic carbocycles. The smallest absolute Gasteiger partial charge is 0.0926 e. The first-order valence-corrected chi connectivity index (χ1v) is 4.84. The van der Waals surface area contributed by atoms with Crippen molar-refractivity contribution >= 4 is 0 Å². The Balaban J connectivity index is 2.38. The van der Waals surface area contributed by atoms with Crippen LogP contribution < -0.4 is 0 Å². The van der Waals surface area contributed by atoms with Crippen LogP contribution in [0, 0.1) is 19.8 Å². The van der Waals surface area contributed by atoms with Gasteiger partial charge in [-0.05, 0) is 42.9 Å². The summed E-state index contributed by atoms with van der Waals surface area (Å²) in [7, 11) is 0. The van der Waals surface area contributed by atoms with Crippen LogP contribution in [0.4, 0.5) is 0 Å². The van der Waals surface area contributed by atoms with Crippen LogP contribution in [0.1, 0.15) is 30.0 Å². The fourth-order valence-electron chi connectivity index (χ4n) is 1.82. The monoisotopic (exact) mass is 176 g/mol. The van der Waals surface area contributed by atoms with Crippen molar-refractivity contribution in [2.45, 2.75) is 32.8 Å². The Kier molecular flexibility index (Phi) is 1.74. The number of hydrogen-bond acceptors (Lipinski definition) is 1. The number of benzene rings is 1. The summed E-state index contributed by atoms with van der Waals surface area (Å²) in [5, 5.41) is 10.1. The highest BCUT2D eigenvalue weighted by molar-refractivity contribution is 5.36. The summed E-state index contributed by atoms with van der Waals surface area (Å²) in [6.07, 6.45) is 0.912. The lowest BCUT2D eigenvalue weighted by molar-refractivity contribution is 0.134. The molecule has 1 N–H and O–H groups in total. The largest absolute Gasteiger partial charge is 0.385 e. The van der Waals surface area contributed by atoms with Crippen LogP contribution in [0.5, 0.6) is 0 Å². The minimum atomic E-state index is -0.515. The average molecular weight is 176 g/mol. The molecule has 1 aliphatic carbocycles.